The van der Waals surface area contributed by atoms with E-state index in [2.05, 4.69) is 4.98 Å². The van der Waals surface area contributed by atoms with Gasteiger partial charge in [-0.3, -0.25) is 14.2 Å². The summed E-state index contributed by atoms with van der Waals surface area (Å²) in [5.74, 6) is -1.95. The lowest BCUT2D eigenvalue weighted by atomic mass is 9.90. The topological polar surface area (TPSA) is 75.4 Å². The molecular weight excluding hydrogens is 313 g/mol. The summed E-state index contributed by atoms with van der Waals surface area (Å²) in [5, 5.41) is 9.25. The Kier molecular flexibility index (Phi) is 4.33. The molecule has 3 rings (SSSR count). The molecule has 0 aliphatic carbocycles. The van der Waals surface area contributed by atoms with E-state index in [4.69, 9.17) is 0 Å². The number of carboxylic acids is 1. The van der Waals surface area contributed by atoms with Crippen LogP contribution in [0.4, 0.5) is 4.39 Å². The smallest absolute Gasteiger partial charge is 0.308 e. The molecule has 2 unspecified atom stereocenters. The van der Waals surface area contributed by atoms with Crippen molar-refractivity contribution in [1.29, 1.82) is 0 Å². The molecule has 1 aromatic heterocycles. The maximum atomic E-state index is 13.1. The molecule has 24 heavy (non-hydrogen) atoms. The molecule has 0 spiro atoms. The van der Waals surface area contributed by atoms with Gasteiger partial charge in [-0.1, -0.05) is 6.92 Å². The first-order chi connectivity index (χ1) is 11.5. The van der Waals surface area contributed by atoms with E-state index in [1.165, 1.54) is 24.7 Å². The molecule has 1 amide bonds. The number of amides is 1. The second kappa shape index (κ2) is 6.43. The first-order valence-corrected chi connectivity index (χ1v) is 7.76. The third-order valence-electron chi connectivity index (χ3n) is 4.26. The lowest BCUT2D eigenvalue weighted by Gasteiger charge is -2.34. The van der Waals surface area contributed by atoms with E-state index in [9.17, 15) is 19.1 Å². The van der Waals surface area contributed by atoms with Gasteiger partial charge >= 0.3 is 5.97 Å². The van der Waals surface area contributed by atoms with Crippen molar-refractivity contribution in [3.63, 3.8) is 0 Å². The molecular formula is C17H18FN3O3. The Bertz CT molecular complexity index is 757. The summed E-state index contributed by atoms with van der Waals surface area (Å²) in [6.07, 6.45) is 3.50. The van der Waals surface area contributed by atoms with Crippen LogP contribution in [0.15, 0.2) is 36.8 Å². The number of hydrogen-bond acceptors (Lipinski definition) is 3. The summed E-state index contributed by atoms with van der Waals surface area (Å²) in [7, 11) is 0. The summed E-state index contributed by atoms with van der Waals surface area (Å²) in [4.78, 5) is 29.7. The Labute approximate surface area is 138 Å². The molecule has 1 aromatic carbocycles. The van der Waals surface area contributed by atoms with E-state index < -0.39 is 11.9 Å². The molecule has 0 bridgehead atoms. The first-order valence-electron chi connectivity index (χ1n) is 7.76. The number of likely N-dealkylation sites (tertiary alicyclic amines) is 1. The molecule has 1 aliphatic heterocycles. The Hall–Kier alpha value is -2.70. The average molecular weight is 331 g/mol. The monoisotopic (exact) mass is 331 g/mol. The van der Waals surface area contributed by atoms with E-state index in [1.54, 1.807) is 21.6 Å². The maximum absolute atomic E-state index is 13.1. The predicted molar refractivity (Wildman–Crippen MR) is 84.3 cm³/mol. The molecule has 0 radical (unpaired) electrons. The van der Waals surface area contributed by atoms with E-state index in [0.29, 0.717) is 24.3 Å². The summed E-state index contributed by atoms with van der Waals surface area (Å²) in [6, 6.07) is 5.75. The summed E-state index contributed by atoms with van der Waals surface area (Å²) < 4.78 is 14.7. The fraction of sp³-hybridized carbons (Fsp3) is 0.353. The second-order valence-electron chi connectivity index (χ2n) is 6.21. The zero-order valence-corrected chi connectivity index (χ0v) is 13.2. The van der Waals surface area contributed by atoms with Crippen LogP contribution >= 0.6 is 0 Å². The number of aromatic nitrogens is 2. The fourth-order valence-corrected chi connectivity index (χ4v) is 3.12. The minimum Gasteiger partial charge on any atom is -0.481 e. The standard InChI is InChI=1S/C17H18FN3O3/c1-11-6-12(17(23)24)9-20(8-11)16(22)15-7-19-10-21(15)14-4-2-13(18)3-5-14/h2-5,7,10-12H,6,8-9H2,1H3,(H,23,24). The van der Waals surface area contributed by atoms with Gasteiger partial charge in [-0.15, -0.1) is 0 Å². The molecule has 1 fully saturated rings. The highest BCUT2D eigenvalue weighted by atomic mass is 19.1. The minimum atomic E-state index is -0.883. The lowest BCUT2D eigenvalue weighted by molar-refractivity contribution is -0.143. The van der Waals surface area contributed by atoms with Gasteiger partial charge < -0.3 is 10.0 Å². The average Bonchev–Trinajstić information content (AvgIpc) is 3.03. The third-order valence-corrected chi connectivity index (χ3v) is 4.26. The Balaban J connectivity index is 1.87. The van der Waals surface area contributed by atoms with E-state index in [1.807, 2.05) is 6.92 Å². The van der Waals surface area contributed by atoms with Crippen LogP contribution in [0.5, 0.6) is 0 Å². The van der Waals surface area contributed by atoms with Gasteiger partial charge in [0.1, 0.15) is 11.5 Å². The number of carboxylic acid groups (broad SMARTS) is 1. The minimum absolute atomic E-state index is 0.117. The highest BCUT2D eigenvalue weighted by Crippen LogP contribution is 2.24. The Morgan fingerprint density at radius 2 is 1.96 bits per heavy atom. The SMILES string of the molecule is CC1CC(C(=O)O)CN(C(=O)c2cncn2-c2ccc(F)cc2)C1. The van der Waals surface area contributed by atoms with Crippen molar-refractivity contribution in [3.8, 4) is 5.69 Å². The summed E-state index contributed by atoms with van der Waals surface area (Å²) in [5.41, 5.74) is 0.955. The second-order valence-corrected chi connectivity index (χ2v) is 6.21. The van der Waals surface area contributed by atoms with Crippen molar-refractivity contribution in [2.75, 3.05) is 13.1 Å². The van der Waals surface area contributed by atoms with Gasteiger partial charge in [-0.05, 0) is 36.6 Å². The molecule has 1 saturated heterocycles. The number of imidazole rings is 1. The number of carbonyl (C=O) groups excluding carboxylic acids is 1. The predicted octanol–water partition coefficient (Wildman–Crippen LogP) is 2.19. The van der Waals surface area contributed by atoms with Gasteiger partial charge in [0.2, 0.25) is 0 Å². The largest absolute Gasteiger partial charge is 0.481 e. The molecule has 0 saturated carbocycles. The highest BCUT2D eigenvalue weighted by molar-refractivity contribution is 5.93. The van der Waals surface area contributed by atoms with Gasteiger partial charge in [-0.25, -0.2) is 9.37 Å². The van der Waals surface area contributed by atoms with Crippen LogP contribution < -0.4 is 0 Å². The Morgan fingerprint density at radius 1 is 1.25 bits per heavy atom. The van der Waals surface area contributed by atoms with Gasteiger partial charge in [0.05, 0.1) is 18.4 Å². The number of carbonyl (C=O) groups is 2. The van der Waals surface area contributed by atoms with Crippen LogP contribution in [0.2, 0.25) is 0 Å². The van der Waals surface area contributed by atoms with E-state index in [-0.39, 0.29) is 24.2 Å². The van der Waals surface area contributed by atoms with Crippen molar-refractivity contribution in [1.82, 2.24) is 14.5 Å². The number of halogens is 1. The van der Waals surface area contributed by atoms with Gasteiger partial charge in [-0.2, -0.15) is 0 Å². The lowest BCUT2D eigenvalue weighted by Crippen LogP contribution is -2.46. The van der Waals surface area contributed by atoms with Crippen LogP contribution in [-0.2, 0) is 4.79 Å². The first kappa shape index (κ1) is 16.2. The van der Waals surface area contributed by atoms with Crippen LogP contribution in [0.3, 0.4) is 0 Å². The molecule has 6 nitrogen and oxygen atoms in total. The van der Waals surface area contributed by atoms with Crippen molar-refractivity contribution in [2.24, 2.45) is 11.8 Å². The number of nitrogens with zero attached hydrogens (tertiary/aromatic N) is 3. The number of benzene rings is 1. The summed E-state index contributed by atoms with van der Waals surface area (Å²) in [6.45, 7) is 2.64. The molecule has 1 N–H and O–H groups in total. The Morgan fingerprint density at radius 3 is 2.62 bits per heavy atom. The van der Waals surface area contributed by atoms with Crippen LogP contribution in [0, 0.1) is 17.7 Å². The molecule has 2 aromatic rings. The number of piperidine rings is 1. The number of hydrogen-bond donors (Lipinski definition) is 1. The quantitative estimate of drug-likeness (QED) is 0.935. The highest BCUT2D eigenvalue weighted by Gasteiger charge is 2.33. The van der Waals surface area contributed by atoms with Crippen LogP contribution in [0.25, 0.3) is 5.69 Å². The van der Waals surface area contributed by atoms with Crippen molar-refractivity contribution < 1.29 is 19.1 Å². The van der Waals surface area contributed by atoms with Crippen LogP contribution in [-0.4, -0.2) is 44.5 Å². The van der Waals surface area contributed by atoms with Crippen molar-refractivity contribution >= 4 is 11.9 Å². The third kappa shape index (κ3) is 3.15. The molecule has 126 valence electrons. The molecule has 7 heteroatoms. The van der Waals surface area contributed by atoms with Crippen molar-refractivity contribution in [2.45, 2.75) is 13.3 Å². The van der Waals surface area contributed by atoms with Crippen molar-refractivity contribution in [3.05, 3.63) is 48.3 Å². The molecule has 2 atom stereocenters. The molecule has 1 aliphatic rings. The van der Waals surface area contributed by atoms with Gasteiger partial charge in [0.15, 0.2) is 0 Å². The van der Waals surface area contributed by atoms with E-state index >= 15 is 0 Å². The zero-order valence-electron chi connectivity index (χ0n) is 13.2. The molecule has 2 heterocycles. The van der Waals surface area contributed by atoms with Gasteiger partial charge in [0, 0.05) is 18.8 Å². The van der Waals surface area contributed by atoms with Crippen LogP contribution in [0.1, 0.15) is 23.8 Å². The van der Waals surface area contributed by atoms with E-state index in [0.717, 1.165) is 0 Å². The fourth-order valence-electron chi connectivity index (χ4n) is 3.12. The normalized spacial score (nSPS) is 20.8. The zero-order chi connectivity index (χ0) is 17.3. The van der Waals surface area contributed by atoms with Gasteiger partial charge in [0.25, 0.3) is 5.91 Å². The maximum Gasteiger partial charge on any atom is 0.308 e. The summed E-state index contributed by atoms with van der Waals surface area (Å²) >= 11 is 0. The number of aliphatic carboxylic acids is 1. The number of rotatable bonds is 3.